The van der Waals surface area contributed by atoms with Crippen molar-refractivity contribution in [3.05, 3.63) is 23.3 Å². The van der Waals surface area contributed by atoms with E-state index in [0.29, 0.717) is 0 Å². The van der Waals surface area contributed by atoms with Crippen molar-refractivity contribution in [2.24, 2.45) is 11.3 Å². The van der Waals surface area contributed by atoms with Gasteiger partial charge in [0, 0.05) is 5.41 Å². The van der Waals surface area contributed by atoms with Gasteiger partial charge in [0.1, 0.15) is 0 Å². The Kier molecular flexibility index (Phi) is 1.45. The number of hydrogen-bond acceptors (Lipinski definition) is 0. The lowest BCUT2D eigenvalue weighted by atomic mass is 9.54. The van der Waals surface area contributed by atoms with Crippen LogP contribution in [0.25, 0.3) is 0 Å². The summed E-state index contributed by atoms with van der Waals surface area (Å²) in [6.45, 7) is 3.83. The van der Waals surface area contributed by atoms with Crippen LogP contribution in [0.4, 0.5) is 8.78 Å². The summed E-state index contributed by atoms with van der Waals surface area (Å²) in [7, 11) is 0. The zero-order chi connectivity index (χ0) is 8.93. The van der Waals surface area contributed by atoms with E-state index in [0.717, 1.165) is 17.6 Å². The van der Waals surface area contributed by atoms with Gasteiger partial charge < -0.3 is 0 Å². The Labute approximate surface area is 71.0 Å². The molecule has 2 bridgehead atoms. The van der Waals surface area contributed by atoms with Crippen molar-refractivity contribution < 1.29 is 8.78 Å². The number of halogens is 2. The summed E-state index contributed by atoms with van der Waals surface area (Å²) in [6.07, 6.45) is 2.55. The van der Waals surface area contributed by atoms with Crippen LogP contribution >= 0.6 is 0 Å². The molecule has 3 rings (SSSR count). The lowest BCUT2D eigenvalue weighted by Crippen LogP contribution is -2.45. The van der Waals surface area contributed by atoms with Crippen LogP contribution in [-0.2, 0) is 0 Å². The molecule has 0 N–H and O–H groups in total. The highest BCUT2D eigenvalue weighted by Gasteiger charge is 2.52. The van der Waals surface area contributed by atoms with E-state index in [-0.39, 0.29) is 5.41 Å². The minimum atomic E-state index is -2.20. The Bertz CT molecular complexity index is 276. The van der Waals surface area contributed by atoms with Crippen molar-refractivity contribution in [1.29, 1.82) is 0 Å². The third-order valence-corrected chi connectivity index (χ3v) is 3.13. The maximum Gasteiger partial charge on any atom is 0.245 e. The molecule has 1 saturated carbocycles. The van der Waals surface area contributed by atoms with Crippen LogP contribution in [0.1, 0.15) is 20.3 Å². The summed E-state index contributed by atoms with van der Waals surface area (Å²) < 4.78 is 25.1. The molecule has 3 aliphatic carbocycles. The second-order valence-corrected chi connectivity index (χ2v) is 4.04. The fourth-order valence-electron chi connectivity index (χ4n) is 2.31. The van der Waals surface area contributed by atoms with Crippen molar-refractivity contribution in [3.63, 3.8) is 0 Å². The Morgan fingerprint density at radius 3 is 2.67 bits per heavy atom. The second kappa shape index (κ2) is 2.18. The summed E-state index contributed by atoms with van der Waals surface area (Å²) >= 11 is 0. The molecule has 0 amide bonds. The van der Waals surface area contributed by atoms with Crippen molar-refractivity contribution in [2.75, 3.05) is 0 Å². The minimum Gasteiger partial charge on any atom is -0.210 e. The molecule has 0 aliphatic heterocycles. The van der Waals surface area contributed by atoms with Crippen LogP contribution in [0.5, 0.6) is 0 Å². The lowest BCUT2D eigenvalue weighted by Gasteiger charge is -2.50. The topological polar surface area (TPSA) is 0 Å². The molecule has 0 radical (unpaired) electrons. The molecule has 12 heavy (non-hydrogen) atoms. The maximum atomic E-state index is 12.6. The quantitative estimate of drug-likeness (QED) is 0.567. The average molecular weight is 170 g/mol. The van der Waals surface area contributed by atoms with Gasteiger partial charge in [-0.1, -0.05) is 30.2 Å². The first-order chi connectivity index (χ1) is 5.54. The monoisotopic (exact) mass is 170 g/mol. The molecule has 0 spiro atoms. The molecule has 1 fully saturated rings. The summed E-state index contributed by atoms with van der Waals surface area (Å²) in [6, 6.07) is 0. The normalized spacial score (nSPS) is 38.9. The molecule has 0 nitrogen and oxygen atoms in total. The van der Waals surface area contributed by atoms with Gasteiger partial charge in [-0.3, -0.25) is 0 Å². The number of hydrogen-bond donors (Lipinski definition) is 0. The Morgan fingerprint density at radius 2 is 2.25 bits per heavy atom. The Balaban J connectivity index is 2.35. The van der Waals surface area contributed by atoms with Gasteiger partial charge in [-0.25, -0.2) is 8.78 Å². The van der Waals surface area contributed by atoms with Gasteiger partial charge in [-0.15, -0.1) is 0 Å². The number of rotatable bonds is 1. The predicted molar refractivity (Wildman–Crippen MR) is 44.1 cm³/mol. The minimum absolute atomic E-state index is 0.247. The molecule has 2 unspecified atom stereocenters. The van der Waals surface area contributed by atoms with Crippen molar-refractivity contribution >= 4 is 0 Å². The number of allylic oxidation sites excluding steroid dienone is 4. The zero-order valence-electron chi connectivity index (χ0n) is 7.27. The molecular formula is C10H12F2. The Morgan fingerprint density at radius 1 is 1.58 bits per heavy atom. The van der Waals surface area contributed by atoms with Crippen LogP contribution in [0.15, 0.2) is 23.3 Å². The van der Waals surface area contributed by atoms with E-state index in [1.807, 2.05) is 26.0 Å². The van der Waals surface area contributed by atoms with Crippen LogP contribution in [0, 0.1) is 11.3 Å². The third-order valence-electron chi connectivity index (χ3n) is 3.13. The number of fused-ring (bicyclic) bond motifs is 1. The van der Waals surface area contributed by atoms with Crippen LogP contribution < -0.4 is 0 Å². The molecular weight excluding hydrogens is 158 g/mol. The highest BCUT2D eigenvalue weighted by Crippen LogP contribution is 2.58. The molecule has 66 valence electrons. The fourth-order valence-corrected chi connectivity index (χ4v) is 2.31. The first-order valence-electron chi connectivity index (χ1n) is 4.21. The van der Waals surface area contributed by atoms with E-state index in [2.05, 4.69) is 0 Å². The van der Waals surface area contributed by atoms with E-state index >= 15 is 0 Å². The second-order valence-electron chi connectivity index (χ2n) is 4.04. The molecule has 0 heterocycles. The third kappa shape index (κ3) is 0.809. The van der Waals surface area contributed by atoms with Gasteiger partial charge in [-0.2, -0.15) is 0 Å². The SMILES string of the molecule is CC1=C2CC(C)(C=C1)C2C(F)F. The summed E-state index contributed by atoms with van der Waals surface area (Å²) in [5.74, 6) is -0.498. The van der Waals surface area contributed by atoms with Crippen LogP contribution in [-0.4, -0.2) is 6.43 Å². The largest absolute Gasteiger partial charge is 0.245 e. The molecule has 3 aliphatic rings. The van der Waals surface area contributed by atoms with E-state index in [1.165, 1.54) is 0 Å². The molecule has 0 aromatic carbocycles. The van der Waals surface area contributed by atoms with E-state index in [9.17, 15) is 8.78 Å². The molecule has 2 heteroatoms. The maximum absolute atomic E-state index is 12.6. The fraction of sp³-hybridized carbons (Fsp3) is 0.600. The summed E-state index contributed by atoms with van der Waals surface area (Å²) in [5, 5.41) is 0. The van der Waals surface area contributed by atoms with Crippen LogP contribution in [0.2, 0.25) is 0 Å². The number of alkyl halides is 2. The van der Waals surface area contributed by atoms with Gasteiger partial charge in [0.15, 0.2) is 0 Å². The summed E-state index contributed by atoms with van der Waals surface area (Å²) in [4.78, 5) is 0. The van der Waals surface area contributed by atoms with Crippen molar-refractivity contribution in [1.82, 2.24) is 0 Å². The standard InChI is InChI=1S/C10H12F2/c1-6-3-4-10(2)5-7(6)8(10)9(11)12/h3-4,8-9H,5H2,1-2H3. The van der Waals surface area contributed by atoms with Gasteiger partial charge in [0.2, 0.25) is 6.43 Å². The van der Waals surface area contributed by atoms with E-state index in [4.69, 9.17) is 0 Å². The highest BCUT2D eigenvalue weighted by atomic mass is 19.3. The molecule has 0 aromatic heterocycles. The average Bonchev–Trinajstić information content (AvgIpc) is 1.92. The van der Waals surface area contributed by atoms with Gasteiger partial charge in [-0.05, 0) is 13.3 Å². The van der Waals surface area contributed by atoms with Gasteiger partial charge in [0.25, 0.3) is 0 Å². The zero-order valence-corrected chi connectivity index (χ0v) is 7.27. The van der Waals surface area contributed by atoms with Crippen molar-refractivity contribution in [3.8, 4) is 0 Å². The first kappa shape index (κ1) is 7.96. The Hall–Kier alpha value is -0.660. The van der Waals surface area contributed by atoms with E-state index < -0.39 is 12.3 Å². The molecule has 0 saturated heterocycles. The van der Waals surface area contributed by atoms with Gasteiger partial charge in [0.05, 0.1) is 5.92 Å². The smallest absolute Gasteiger partial charge is 0.210 e. The summed E-state index contributed by atoms with van der Waals surface area (Å²) in [5.41, 5.74) is 1.77. The van der Waals surface area contributed by atoms with Crippen LogP contribution in [0.3, 0.4) is 0 Å². The first-order valence-corrected chi connectivity index (χ1v) is 4.21. The molecule has 0 aromatic rings. The van der Waals surface area contributed by atoms with Gasteiger partial charge >= 0.3 is 0 Å². The van der Waals surface area contributed by atoms with E-state index in [1.54, 1.807) is 0 Å². The predicted octanol–water partition coefficient (Wildman–Crippen LogP) is 3.16. The lowest BCUT2D eigenvalue weighted by molar-refractivity contribution is 0.000371. The molecule has 2 atom stereocenters. The van der Waals surface area contributed by atoms with Crippen molar-refractivity contribution in [2.45, 2.75) is 26.7 Å². The highest BCUT2D eigenvalue weighted by molar-refractivity contribution is 5.43.